The van der Waals surface area contributed by atoms with E-state index in [1.54, 1.807) is 24.5 Å². The van der Waals surface area contributed by atoms with Crippen molar-refractivity contribution >= 4 is 11.9 Å². The third-order valence-electron chi connectivity index (χ3n) is 2.44. The van der Waals surface area contributed by atoms with Gasteiger partial charge in [-0.25, -0.2) is 0 Å². The highest BCUT2D eigenvalue weighted by molar-refractivity contribution is 5.76. The normalized spacial score (nSPS) is 13.9. The first-order valence-electron chi connectivity index (χ1n) is 5.10. The van der Waals surface area contributed by atoms with Gasteiger partial charge in [-0.3, -0.25) is 14.6 Å². The summed E-state index contributed by atoms with van der Waals surface area (Å²) in [5.41, 5.74) is 6.13. The third kappa shape index (κ3) is 4.20. The minimum atomic E-state index is -1.19. The average Bonchev–Trinajstić information content (AvgIpc) is 2.29. The first-order valence-corrected chi connectivity index (χ1v) is 5.10. The van der Waals surface area contributed by atoms with Crippen LogP contribution in [0.15, 0.2) is 24.5 Å². The molecule has 0 spiro atoms. The van der Waals surface area contributed by atoms with Crippen molar-refractivity contribution in [3.63, 3.8) is 0 Å². The summed E-state index contributed by atoms with van der Waals surface area (Å²) in [6.07, 6.45) is 3.28. The molecule has 0 saturated heterocycles. The van der Waals surface area contributed by atoms with Gasteiger partial charge in [0.2, 0.25) is 0 Å². The molecule has 6 heteroatoms. The molecule has 0 aliphatic carbocycles. The first kappa shape index (κ1) is 13.1. The van der Waals surface area contributed by atoms with E-state index in [0.29, 0.717) is 0 Å². The Kier molecular flexibility index (Phi) is 4.59. The number of hydrogen-bond donors (Lipinski definition) is 3. The van der Waals surface area contributed by atoms with Crippen LogP contribution in [0.25, 0.3) is 0 Å². The van der Waals surface area contributed by atoms with Crippen LogP contribution < -0.4 is 5.73 Å². The van der Waals surface area contributed by atoms with Crippen molar-refractivity contribution in [2.24, 2.45) is 11.7 Å². The van der Waals surface area contributed by atoms with E-state index in [1.165, 1.54) is 0 Å². The molecule has 1 aromatic rings. The van der Waals surface area contributed by atoms with Gasteiger partial charge in [0.25, 0.3) is 0 Å². The quantitative estimate of drug-likeness (QED) is 0.649. The maximum atomic E-state index is 11.0. The predicted molar refractivity (Wildman–Crippen MR) is 59.3 cm³/mol. The van der Waals surface area contributed by atoms with Gasteiger partial charge in [0.1, 0.15) is 6.04 Å². The highest BCUT2D eigenvalue weighted by atomic mass is 16.4. The summed E-state index contributed by atoms with van der Waals surface area (Å²) in [6.45, 7) is 0. The molecule has 6 nitrogen and oxygen atoms in total. The van der Waals surface area contributed by atoms with E-state index in [4.69, 9.17) is 15.9 Å². The molecule has 2 atom stereocenters. The van der Waals surface area contributed by atoms with Crippen molar-refractivity contribution in [2.45, 2.75) is 18.9 Å². The Hall–Kier alpha value is -1.95. The zero-order chi connectivity index (χ0) is 12.8. The summed E-state index contributed by atoms with van der Waals surface area (Å²) in [5.74, 6) is -3.03. The van der Waals surface area contributed by atoms with Crippen LogP contribution in [-0.4, -0.2) is 33.2 Å². The number of hydrogen-bond acceptors (Lipinski definition) is 4. The van der Waals surface area contributed by atoms with E-state index < -0.39 is 23.9 Å². The van der Waals surface area contributed by atoms with Crippen LogP contribution in [0.3, 0.4) is 0 Å². The van der Waals surface area contributed by atoms with Gasteiger partial charge in [-0.15, -0.1) is 0 Å². The summed E-state index contributed by atoms with van der Waals surface area (Å²) >= 11 is 0. The standard InChI is InChI=1S/C11H14N2O4/c12-9(11(16)17)6-8(10(14)15)5-7-1-3-13-4-2-7/h1-4,8-9H,5-6,12H2,(H,14,15)(H,16,17)/t8-,9-/m0/s1. The van der Waals surface area contributed by atoms with E-state index >= 15 is 0 Å². The summed E-state index contributed by atoms with van der Waals surface area (Å²) in [6, 6.07) is 2.24. The van der Waals surface area contributed by atoms with Gasteiger partial charge in [-0.1, -0.05) is 0 Å². The molecule has 4 N–H and O–H groups in total. The minimum Gasteiger partial charge on any atom is -0.481 e. The molecule has 0 saturated carbocycles. The molecular weight excluding hydrogens is 224 g/mol. The predicted octanol–water partition coefficient (Wildman–Crippen LogP) is 0.127. The second-order valence-corrected chi connectivity index (χ2v) is 3.78. The van der Waals surface area contributed by atoms with Crippen molar-refractivity contribution in [3.05, 3.63) is 30.1 Å². The largest absolute Gasteiger partial charge is 0.481 e. The molecule has 1 aromatic heterocycles. The van der Waals surface area contributed by atoms with Gasteiger partial charge in [0.15, 0.2) is 0 Å². The molecule has 0 fully saturated rings. The Morgan fingerprint density at radius 1 is 1.24 bits per heavy atom. The van der Waals surface area contributed by atoms with Crippen LogP contribution in [0.5, 0.6) is 0 Å². The third-order valence-corrected chi connectivity index (χ3v) is 2.44. The van der Waals surface area contributed by atoms with Gasteiger partial charge in [-0.2, -0.15) is 0 Å². The number of nitrogens with zero attached hydrogens (tertiary/aromatic N) is 1. The Morgan fingerprint density at radius 3 is 2.29 bits per heavy atom. The van der Waals surface area contributed by atoms with Crippen LogP contribution in [-0.2, 0) is 16.0 Å². The number of nitrogens with two attached hydrogens (primary N) is 1. The Bertz CT molecular complexity index is 394. The fourth-order valence-corrected chi connectivity index (χ4v) is 1.48. The van der Waals surface area contributed by atoms with E-state index in [2.05, 4.69) is 4.98 Å². The second kappa shape index (κ2) is 5.95. The smallest absolute Gasteiger partial charge is 0.320 e. The fraction of sp³-hybridized carbons (Fsp3) is 0.364. The number of aliphatic carboxylic acids is 2. The Morgan fingerprint density at radius 2 is 1.82 bits per heavy atom. The van der Waals surface area contributed by atoms with Gasteiger partial charge in [-0.05, 0) is 30.5 Å². The summed E-state index contributed by atoms with van der Waals surface area (Å²) in [5, 5.41) is 17.7. The van der Waals surface area contributed by atoms with Crippen molar-refractivity contribution in [3.8, 4) is 0 Å². The van der Waals surface area contributed by atoms with E-state index in [1.807, 2.05) is 0 Å². The Balaban J connectivity index is 2.67. The fourth-order valence-electron chi connectivity index (χ4n) is 1.48. The molecule has 0 unspecified atom stereocenters. The number of carboxylic acids is 2. The number of aromatic nitrogens is 1. The molecule has 0 amide bonds. The molecule has 0 aliphatic heterocycles. The number of carbonyl (C=O) groups is 2. The first-order chi connectivity index (χ1) is 8.00. The lowest BCUT2D eigenvalue weighted by molar-refractivity contribution is -0.143. The topological polar surface area (TPSA) is 114 Å². The highest BCUT2D eigenvalue weighted by Gasteiger charge is 2.24. The molecule has 0 radical (unpaired) electrons. The molecule has 17 heavy (non-hydrogen) atoms. The molecular formula is C11H14N2O4. The molecule has 1 heterocycles. The maximum absolute atomic E-state index is 11.0. The lowest BCUT2D eigenvalue weighted by Crippen LogP contribution is -2.35. The SMILES string of the molecule is N[C@@H](C[C@H](Cc1ccncc1)C(=O)O)C(=O)O. The maximum Gasteiger partial charge on any atom is 0.320 e. The highest BCUT2D eigenvalue weighted by Crippen LogP contribution is 2.13. The lowest BCUT2D eigenvalue weighted by Gasteiger charge is -2.14. The molecule has 0 bridgehead atoms. The van der Waals surface area contributed by atoms with Gasteiger partial charge in [0, 0.05) is 12.4 Å². The lowest BCUT2D eigenvalue weighted by atomic mass is 9.93. The van der Waals surface area contributed by atoms with Crippen LogP contribution >= 0.6 is 0 Å². The average molecular weight is 238 g/mol. The van der Waals surface area contributed by atoms with Crippen molar-refractivity contribution in [2.75, 3.05) is 0 Å². The molecule has 92 valence electrons. The zero-order valence-corrected chi connectivity index (χ0v) is 9.11. The number of rotatable bonds is 6. The Labute approximate surface area is 98.1 Å². The van der Waals surface area contributed by atoms with Crippen LogP contribution in [0.1, 0.15) is 12.0 Å². The van der Waals surface area contributed by atoms with Crippen LogP contribution in [0.2, 0.25) is 0 Å². The second-order valence-electron chi connectivity index (χ2n) is 3.78. The van der Waals surface area contributed by atoms with Crippen molar-refractivity contribution < 1.29 is 19.8 Å². The van der Waals surface area contributed by atoms with Gasteiger partial charge < -0.3 is 15.9 Å². The minimum absolute atomic E-state index is 0.0903. The number of carboxylic acid groups (broad SMARTS) is 2. The van der Waals surface area contributed by atoms with Crippen LogP contribution in [0.4, 0.5) is 0 Å². The van der Waals surface area contributed by atoms with Gasteiger partial charge in [0.05, 0.1) is 5.92 Å². The summed E-state index contributed by atoms with van der Waals surface area (Å²) < 4.78 is 0. The van der Waals surface area contributed by atoms with E-state index in [-0.39, 0.29) is 12.8 Å². The summed E-state index contributed by atoms with van der Waals surface area (Å²) in [4.78, 5) is 25.4. The van der Waals surface area contributed by atoms with Crippen molar-refractivity contribution in [1.29, 1.82) is 0 Å². The van der Waals surface area contributed by atoms with E-state index in [9.17, 15) is 9.59 Å². The van der Waals surface area contributed by atoms with Crippen molar-refractivity contribution in [1.82, 2.24) is 4.98 Å². The summed E-state index contributed by atoms with van der Waals surface area (Å²) in [7, 11) is 0. The van der Waals surface area contributed by atoms with Crippen LogP contribution in [0, 0.1) is 5.92 Å². The van der Waals surface area contributed by atoms with E-state index in [0.717, 1.165) is 5.56 Å². The zero-order valence-electron chi connectivity index (χ0n) is 9.11. The number of pyridine rings is 1. The monoisotopic (exact) mass is 238 g/mol. The molecule has 0 aromatic carbocycles. The van der Waals surface area contributed by atoms with Gasteiger partial charge >= 0.3 is 11.9 Å². The molecule has 1 rings (SSSR count). The molecule has 0 aliphatic rings.